The molecule has 2 nitrogen and oxygen atoms in total. The van der Waals surface area contributed by atoms with Crippen molar-refractivity contribution >= 4 is 39.3 Å². The Bertz CT molecular complexity index is 843. The summed E-state index contributed by atoms with van der Waals surface area (Å²) in [7, 11) is 0. The van der Waals surface area contributed by atoms with Crippen LogP contribution < -0.4 is 5.32 Å². The van der Waals surface area contributed by atoms with Gasteiger partial charge in [-0.05, 0) is 74.7 Å². The van der Waals surface area contributed by atoms with Gasteiger partial charge in [0.05, 0.1) is 0 Å². The number of hydrogen-bond donors (Lipinski definition) is 1. The molecule has 3 aromatic rings. The second kappa shape index (κ2) is 7.13. The van der Waals surface area contributed by atoms with E-state index in [-0.39, 0.29) is 5.91 Å². The lowest BCUT2D eigenvalue weighted by Gasteiger charge is -2.12. The van der Waals surface area contributed by atoms with Crippen molar-refractivity contribution in [2.24, 2.45) is 0 Å². The molecule has 0 aliphatic heterocycles. The second-order valence-corrected chi connectivity index (χ2v) is 6.85. The molecule has 3 aromatic carbocycles. The van der Waals surface area contributed by atoms with Crippen molar-refractivity contribution in [2.45, 2.75) is 13.3 Å². The van der Waals surface area contributed by atoms with E-state index >= 15 is 0 Å². The fraction of sp³-hybridized carbons (Fsp3) is 0.150. The van der Waals surface area contributed by atoms with E-state index in [4.69, 9.17) is 0 Å². The van der Waals surface area contributed by atoms with Gasteiger partial charge in [0, 0.05) is 17.0 Å². The highest BCUT2D eigenvalue weighted by Gasteiger charge is 2.07. The highest BCUT2D eigenvalue weighted by Crippen LogP contribution is 2.29. The van der Waals surface area contributed by atoms with Crippen LogP contribution in [-0.2, 0) is 11.2 Å². The molecule has 1 N–H and O–H groups in total. The number of carbonyl (C=O) groups is 1. The van der Waals surface area contributed by atoms with Gasteiger partial charge in [-0.3, -0.25) is 4.79 Å². The normalized spacial score (nSPS) is 10.7. The van der Waals surface area contributed by atoms with E-state index < -0.39 is 0 Å². The number of nitrogens with one attached hydrogen (secondary N) is 1. The van der Waals surface area contributed by atoms with Crippen molar-refractivity contribution in [1.82, 2.24) is 5.32 Å². The van der Waals surface area contributed by atoms with Gasteiger partial charge in [-0.1, -0.05) is 42.5 Å². The van der Waals surface area contributed by atoms with Crippen molar-refractivity contribution in [1.29, 1.82) is 0 Å². The lowest BCUT2D eigenvalue weighted by Crippen LogP contribution is -2.22. The maximum absolute atomic E-state index is 11.1. The van der Waals surface area contributed by atoms with Crippen molar-refractivity contribution in [3.05, 3.63) is 69.8 Å². The Balaban J connectivity index is 2.06. The van der Waals surface area contributed by atoms with E-state index in [1.807, 2.05) is 6.07 Å². The molecule has 0 atom stereocenters. The summed E-state index contributed by atoms with van der Waals surface area (Å²) in [5.74, 6) is 0.0168. The average molecular weight is 415 g/mol. The van der Waals surface area contributed by atoms with E-state index in [0.717, 1.165) is 6.42 Å². The van der Waals surface area contributed by atoms with Gasteiger partial charge in [-0.25, -0.2) is 0 Å². The summed E-state index contributed by atoms with van der Waals surface area (Å²) in [4.78, 5) is 11.1. The first-order valence-electron chi connectivity index (χ1n) is 7.65. The number of amides is 1. The molecule has 0 aromatic heterocycles. The van der Waals surface area contributed by atoms with Crippen LogP contribution in [0.4, 0.5) is 0 Å². The van der Waals surface area contributed by atoms with Crippen LogP contribution >= 0.6 is 22.6 Å². The number of fused-ring (bicyclic) bond motifs is 1. The van der Waals surface area contributed by atoms with E-state index in [9.17, 15) is 4.79 Å². The van der Waals surface area contributed by atoms with Crippen LogP contribution in [0.2, 0.25) is 0 Å². The van der Waals surface area contributed by atoms with Gasteiger partial charge in [0.25, 0.3) is 0 Å². The van der Waals surface area contributed by atoms with Gasteiger partial charge in [-0.2, -0.15) is 0 Å². The van der Waals surface area contributed by atoms with Crippen molar-refractivity contribution in [3.63, 3.8) is 0 Å². The molecule has 0 heterocycles. The monoisotopic (exact) mass is 415 g/mol. The molecule has 0 fully saturated rings. The maximum Gasteiger partial charge on any atom is 0.216 e. The first-order chi connectivity index (χ1) is 11.1. The summed E-state index contributed by atoms with van der Waals surface area (Å²) in [6, 6.07) is 21.4. The Kier molecular flexibility index (Phi) is 4.96. The standard InChI is InChI=1S/C20H18INO/c1-14(23)22-10-9-17-12-18(15-5-3-2-4-6-15)11-16-7-8-19(21)13-20(16)17/h2-8,11-13H,9-10H2,1H3,(H,22,23). The summed E-state index contributed by atoms with van der Waals surface area (Å²) in [5.41, 5.74) is 3.71. The van der Waals surface area contributed by atoms with Gasteiger partial charge >= 0.3 is 0 Å². The van der Waals surface area contributed by atoms with E-state index in [1.54, 1.807) is 6.92 Å². The summed E-state index contributed by atoms with van der Waals surface area (Å²) in [6.45, 7) is 2.22. The Hall–Kier alpha value is -1.88. The Morgan fingerprint density at radius 2 is 1.78 bits per heavy atom. The molecule has 3 rings (SSSR count). The zero-order valence-corrected chi connectivity index (χ0v) is 15.1. The molecule has 0 saturated carbocycles. The first-order valence-corrected chi connectivity index (χ1v) is 8.73. The van der Waals surface area contributed by atoms with E-state index in [2.05, 4.69) is 82.5 Å². The molecule has 0 spiro atoms. The highest BCUT2D eigenvalue weighted by molar-refractivity contribution is 14.1. The third-order valence-corrected chi connectivity index (χ3v) is 4.55. The Morgan fingerprint density at radius 3 is 2.52 bits per heavy atom. The van der Waals surface area contributed by atoms with Gasteiger partial charge in [0.15, 0.2) is 0 Å². The molecule has 0 aliphatic rings. The molecule has 1 amide bonds. The predicted molar refractivity (Wildman–Crippen MR) is 104 cm³/mol. The maximum atomic E-state index is 11.1. The van der Waals surface area contributed by atoms with Crippen LogP contribution in [0.15, 0.2) is 60.7 Å². The summed E-state index contributed by atoms with van der Waals surface area (Å²) >= 11 is 2.34. The highest BCUT2D eigenvalue weighted by atomic mass is 127. The van der Waals surface area contributed by atoms with Gasteiger partial charge in [-0.15, -0.1) is 0 Å². The summed E-state index contributed by atoms with van der Waals surface area (Å²) in [5, 5.41) is 5.40. The minimum absolute atomic E-state index is 0.0168. The molecule has 0 radical (unpaired) electrons. The minimum atomic E-state index is 0.0168. The SMILES string of the molecule is CC(=O)NCCc1cc(-c2ccccc2)cc2ccc(I)cc12. The first kappa shape index (κ1) is 16.0. The fourth-order valence-corrected chi connectivity index (χ4v) is 3.28. The van der Waals surface area contributed by atoms with Crippen LogP contribution in [0, 0.1) is 3.57 Å². The number of halogens is 1. The van der Waals surface area contributed by atoms with E-state index in [1.165, 1.54) is 31.0 Å². The lowest BCUT2D eigenvalue weighted by atomic mass is 9.95. The Morgan fingerprint density at radius 1 is 1.00 bits per heavy atom. The van der Waals surface area contributed by atoms with Crippen molar-refractivity contribution in [3.8, 4) is 11.1 Å². The number of carbonyl (C=O) groups excluding carboxylic acids is 1. The van der Waals surface area contributed by atoms with Gasteiger partial charge < -0.3 is 5.32 Å². The zero-order valence-electron chi connectivity index (χ0n) is 13.0. The average Bonchev–Trinajstić information content (AvgIpc) is 2.55. The number of hydrogen-bond acceptors (Lipinski definition) is 1. The molecule has 3 heteroatoms. The van der Waals surface area contributed by atoms with Crippen molar-refractivity contribution < 1.29 is 4.79 Å². The van der Waals surface area contributed by atoms with Gasteiger partial charge in [0.2, 0.25) is 5.91 Å². The third-order valence-electron chi connectivity index (χ3n) is 3.88. The van der Waals surface area contributed by atoms with Crippen LogP contribution in [0.1, 0.15) is 12.5 Å². The summed E-state index contributed by atoms with van der Waals surface area (Å²) < 4.78 is 1.23. The minimum Gasteiger partial charge on any atom is -0.356 e. The topological polar surface area (TPSA) is 29.1 Å². The molecule has 0 aliphatic carbocycles. The Labute approximate surface area is 150 Å². The third kappa shape index (κ3) is 3.91. The molecule has 0 unspecified atom stereocenters. The molecule has 0 saturated heterocycles. The molecule has 23 heavy (non-hydrogen) atoms. The number of rotatable bonds is 4. The van der Waals surface area contributed by atoms with Crippen LogP contribution in [0.3, 0.4) is 0 Å². The molecule has 0 bridgehead atoms. The molecule has 116 valence electrons. The predicted octanol–water partition coefficient (Wildman–Crippen LogP) is 4.79. The number of benzene rings is 3. The quantitative estimate of drug-likeness (QED) is 0.610. The smallest absolute Gasteiger partial charge is 0.216 e. The van der Waals surface area contributed by atoms with Crippen LogP contribution in [0.5, 0.6) is 0 Å². The van der Waals surface area contributed by atoms with E-state index in [0.29, 0.717) is 6.54 Å². The van der Waals surface area contributed by atoms with Gasteiger partial charge in [0.1, 0.15) is 0 Å². The largest absolute Gasteiger partial charge is 0.356 e. The second-order valence-electron chi connectivity index (χ2n) is 5.60. The zero-order chi connectivity index (χ0) is 16.2. The molecular formula is C20H18INO. The van der Waals surface area contributed by atoms with Crippen LogP contribution in [-0.4, -0.2) is 12.5 Å². The van der Waals surface area contributed by atoms with Crippen molar-refractivity contribution in [2.75, 3.05) is 6.54 Å². The summed E-state index contributed by atoms with van der Waals surface area (Å²) in [6.07, 6.45) is 0.830. The van der Waals surface area contributed by atoms with Crippen LogP contribution in [0.25, 0.3) is 21.9 Å². The lowest BCUT2D eigenvalue weighted by molar-refractivity contribution is -0.118. The molecular weight excluding hydrogens is 397 g/mol. The fourth-order valence-electron chi connectivity index (χ4n) is 2.78.